The maximum absolute atomic E-state index is 12.3. The molecule has 0 unspecified atom stereocenters. The third-order valence-electron chi connectivity index (χ3n) is 4.11. The topological polar surface area (TPSA) is 91.6 Å². The number of nitrogens with one attached hydrogen (secondary N) is 1. The first-order valence-electron chi connectivity index (χ1n) is 8.05. The van der Waals surface area contributed by atoms with Crippen LogP contribution >= 0.6 is 0 Å². The van der Waals surface area contributed by atoms with Gasteiger partial charge in [-0.25, -0.2) is 4.98 Å². The molecule has 1 fully saturated rings. The molecule has 0 saturated carbocycles. The summed E-state index contributed by atoms with van der Waals surface area (Å²) in [6.07, 6.45) is 1.76. The Hall–Kier alpha value is -3.16. The number of nitro benzene ring substituents is 1. The van der Waals surface area contributed by atoms with Gasteiger partial charge in [-0.15, -0.1) is 0 Å². The van der Waals surface area contributed by atoms with E-state index in [2.05, 4.69) is 15.2 Å². The van der Waals surface area contributed by atoms with Gasteiger partial charge in [0.25, 0.3) is 5.69 Å². The number of nitrogens with zero attached hydrogens (tertiary/aromatic N) is 4. The third kappa shape index (κ3) is 4.23. The van der Waals surface area contributed by atoms with E-state index in [1.807, 2.05) is 18.2 Å². The van der Waals surface area contributed by atoms with Crippen LogP contribution in [-0.4, -0.2) is 53.4 Å². The van der Waals surface area contributed by atoms with E-state index in [0.29, 0.717) is 18.8 Å². The van der Waals surface area contributed by atoms with Crippen LogP contribution in [0.3, 0.4) is 0 Å². The molecule has 0 radical (unpaired) electrons. The summed E-state index contributed by atoms with van der Waals surface area (Å²) in [5, 5.41) is 13.7. The molecule has 1 aromatic heterocycles. The molecule has 1 aromatic carbocycles. The normalized spacial score (nSPS) is 14.2. The van der Waals surface area contributed by atoms with E-state index in [9.17, 15) is 14.9 Å². The van der Waals surface area contributed by atoms with Gasteiger partial charge in [0.15, 0.2) is 0 Å². The Bertz CT molecular complexity index is 745. The van der Waals surface area contributed by atoms with Crippen molar-refractivity contribution in [3.8, 4) is 0 Å². The zero-order valence-corrected chi connectivity index (χ0v) is 13.7. The van der Waals surface area contributed by atoms with Gasteiger partial charge >= 0.3 is 0 Å². The molecule has 1 aliphatic rings. The van der Waals surface area contributed by atoms with E-state index < -0.39 is 4.92 Å². The monoisotopic (exact) mass is 341 g/mol. The highest BCUT2D eigenvalue weighted by Gasteiger charge is 2.21. The van der Waals surface area contributed by atoms with Crippen LogP contribution in [0.2, 0.25) is 0 Å². The van der Waals surface area contributed by atoms with Gasteiger partial charge in [0, 0.05) is 50.2 Å². The number of hydrogen-bond donors (Lipinski definition) is 1. The second kappa shape index (κ2) is 7.61. The Morgan fingerprint density at radius 2 is 1.96 bits per heavy atom. The van der Waals surface area contributed by atoms with Gasteiger partial charge < -0.3 is 15.1 Å². The fraction of sp³-hybridized carbons (Fsp3) is 0.294. The fourth-order valence-electron chi connectivity index (χ4n) is 2.74. The molecule has 1 amide bonds. The number of benzene rings is 1. The molecular formula is C17H19N5O3. The highest BCUT2D eigenvalue weighted by Crippen LogP contribution is 2.17. The first kappa shape index (κ1) is 16.7. The highest BCUT2D eigenvalue weighted by molar-refractivity contribution is 5.81. The van der Waals surface area contributed by atoms with E-state index in [1.165, 1.54) is 12.1 Å². The lowest BCUT2D eigenvalue weighted by atomic mass is 10.2. The van der Waals surface area contributed by atoms with Crippen LogP contribution in [0, 0.1) is 10.1 Å². The summed E-state index contributed by atoms with van der Waals surface area (Å²) in [7, 11) is 0. The van der Waals surface area contributed by atoms with Crippen molar-refractivity contribution in [1.82, 2.24) is 9.88 Å². The van der Waals surface area contributed by atoms with E-state index in [-0.39, 0.29) is 18.1 Å². The third-order valence-corrected chi connectivity index (χ3v) is 4.11. The van der Waals surface area contributed by atoms with Crippen LogP contribution in [-0.2, 0) is 4.79 Å². The molecule has 1 saturated heterocycles. The Balaban J connectivity index is 1.50. The fourth-order valence-corrected chi connectivity index (χ4v) is 2.74. The minimum Gasteiger partial charge on any atom is -0.376 e. The Morgan fingerprint density at radius 3 is 2.64 bits per heavy atom. The molecule has 0 aliphatic carbocycles. The molecule has 25 heavy (non-hydrogen) atoms. The van der Waals surface area contributed by atoms with Crippen LogP contribution < -0.4 is 10.2 Å². The first-order valence-corrected chi connectivity index (χ1v) is 8.05. The van der Waals surface area contributed by atoms with Crippen molar-refractivity contribution in [2.45, 2.75) is 0 Å². The van der Waals surface area contributed by atoms with E-state index in [0.717, 1.165) is 18.9 Å². The maximum atomic E-state index is 12.3. The number of carbonyl (C=O) groups is 1. The molecule has 0 atom stereocenters. The van der Waals surface area contributed by atoms with Crippen LogP contribution in [0.25, 0.3) is 0 Å². The minimum absolute atomic E-state index is 0.00132. The summed E-state index contributed by atoms with van der Waals surface area (Å²) in [6.45, 7) is 2.85. The van der Waals surface area contributed by atoms with Crippen molar-refractivity contribution in [2.75, 3.05) is 42.9 Å². The van der Waals surface area contributed by atoms with Crippen molar-refractivity contribution in [2.24, 2.45) is 0 Å². The van der Waals surface area contributed by atoms with Crippen LogP contribution in [0.15, 0.2) is 48.7 Å². The Morgan fingerprint density at radius 1 is 1.16 bits per heavy atom. The molecule has 8 nitrogen and oxygen atoms in total. The first-order chi connectivity index (χ1) is 12.1. The molecule has 3 rings (SSSR count). The lowest BCUT2D eigenvalue weighted by molar-refractivity contribution is -0.384. The van der Waals surface area contributed by atoms with Gasteiger partial charge in [0.05, 0.1) is 11.5 Å². The number of carbonyl (C=O) groups excluding carboxylic acids is 1. The average molecular weight is 341 g/mol. The van der Waals surface area contributed by atoms with Gasteiger partial charge in [0.1, 0.15) is 5.82 Å². The number of non-ortho nitro benzene ring substituents is 1. The quantitative estimate of drug-likeness (QED) is 0.658. The van der Waals surface area contributed by atoms with Crippen molar-refractivity contribution >= 4 is 23.1 Å². The number of piperazine rings is 1. The number of hydrogen-bond acceptors (Lipinski definition) is 6. The molecule has 2 heterocycles. The largest absolute Gasteiger partial charge is 0.376 e. The number of pyridine rings is 1. The van der Waals surface area contributed by atoms with E-state index >= 15 is 0 Å². The molecule has 2 aromatic rings. The van der Waals surface area contributed by atoms with Gasteiger partial charge in [-0.1, -0.05) is 12.1 Å². The van der Waals surface area contributed by atoms with Crippen molar-refractivity contribution in [3.05, 3.63) is 58.8 Å². The van der Waals surface area contributed by atoms with Gasteiger partial charge in [-0.05, 0) is 18.2 Å². The second-order valence-electron chi connectivity index (χ2n) is 5.72. The summed E-state index contributed by atoms with van der Waals surface area (Å²) >= 11 is 0. The maximum Gasteiger partial charge on any atom is 0.271 e. The zero-order valence-electron chi connectivity index (χ0n) is 13.7. The standard InChI is InChI=1S/C17H19N5O3/c23-17(13-19-14-4-3-5-15(12-14)22(24)25)21-10-8-20(9-11-21)16-6-1-2-7-18-16/h1-7,12,19H,8-11,13H2. The summed E-state index contributed by atoms with van der Waals surface area (Å²) in [5.41, 5.74) is 0.566. The number of nitro groups is 1. The lowest BCUT2D eigenvalue weighted by Gasteiger charge is -2.35. The van der Waals surface area contributed by atoms with Gasteiger partial charge in [-0.3, -0.25) is 14.9 Å². The molecular weight excluding hydrogens is 322 g/mol. The molecule has 8 heteroatoms. The minimum atomic E-state index is -0.455. The zero-order chi connectivity index (χ0) is 17.6. The molecule has 0 spiro atoms. The number of anilines is 2. The molecule has 1 aliphatic heterocycles. The van der Waals surface area contributed by atoms with Crippen molar-refractivity contribution < 1.29 is 9.72 Å². The highest BCUT2D eigenvalue weighted by atomic mass is 16.6. The number of rotatable bonds is 5. The number of amides is 1. The SMILES string of the molecule is O=C(CNc1cccc([N+](=O)[O-])c1)N1CCN(c2ccccn2)CC1. The molecule has 130 valence electrons. The smallest absolute Gasteiger partial charge is 0.271 e. The molecule has 1 N–H and O–H groups in total. The van der Waals surface area contributed by atoms with E-state index in [4.69, 9.17) is 0 Å². The summed E-state index contributed by atoms with van der Waals surface area (Å²) in [4.78, 5) is 30.9. The van der Waals surface area contributed by atoms with Crippen LogP contribution in [0.4, 0.5) is 17.2 Å². The molecule has 0 bridgehead atoms. The Labute approximate surface area is 145 Å². The summed E-state index contributed by atoms with van der Waals surface area (Å²) in [6, 6.07) is 11.9. The van der Waals surface area contributed by atoms with Crippen LogP contribution in [0.1, 0.15) is 0 Å². The van der Waals surface area contributed by atoms with Gasteiger partial charge in [0.2, 0.25) is 5.91 Å². The predicted octanol–water partition coefficient (Wildman–Crippen LogP) is 1.75. The van der Waals surface area contributed by atoms with Crippen molar-refractivity contribution in [1.29, 1.82) is 0 Å². The van der Waals surface area contributed by atoms with Crippen molar-refractivity contribution in [3.63, 3.8) is 0 Å². The second-order valence-corrected chi connectivity index (χ2v) is 5.72. The summed E-state index contributed by atoms with van der Waals surface area (Å²) < 4.78 is 0. The van der Waals surface area contributed by atoms with Crippen LogP contribution in [0.5, 0.6) is 0 Å². The number of aromatic nitrogens is 1. The average Bonchev–Trinajstić information content (AvgIpc) is 2.67. The predicted molar refractivity (Wildman–Crippen MR) is 94.6 cm³/mol. The van der Waals surface area contributed by atoms with Gasteiger partial charge in [-0.2, -0.15) is 0 Å². The van der Waals surface area contributed by atoms with E-state index in [1.54, 1.807) is 23.2 Å². The summed E-state index contributed by atoms with van der Waals surface area (Å²) in [5.74, 6) is 0.900. The lowest BCUT2D eigenvalue weighted by Crippen LogP contribution is -2.50. The Kier molecular flexibility index (Phi) is 5.08.